The Bertz CT molecular complexity index is 417. The largest absolute Gasteiger partial charge is 0.496 e. The first kappa shape index (κ1) is 17.6. The van der Waals surface area contributed by atoms with Crippen LogP contribution in [0.25, 0.3) is 0 Å². The standard InChI is InChI=1S/C17H28O4/c1-5-6-7-8-9-10-14(18)13-11-16(20-3)17(21-4)12-15(13)19-2/h11-12,14,18H,5-10H2,1-4H3. The first-order chi connectivity index (χ1) is 10.2. The van der Waals surface area contributed by atoms with Crippen LogP contribution in [0.2, 0.25) is 0 Å². The summed E-state index contributed by atoms with van der Waals surface area (Å²) >= 11 is 0. The lowest BCUT2D eigenvalue weighted by atomic mass is 10.0. The number of methoxy groups -OCH3 is 3. The van der Waals surface area contributed by atoms with Gasteiger partial charge >= 0.3 is 0 Å². The minimum atomic E-state index is -0.540. The van der Waals surface area contributed by atoms with Crippen molar-refractivity contribution in [2.45, 2.75) is 51.6 Å². The topological polar surface area (TPSA) is 47.9 Å². The Labute approximate surface area is 128 Å². The van der Waals surface area contributed by atoms with Gasteiger partial charge in [-0.1, -0.05) is 39.0 Å². The molecule has 1 rings (SSSR count). The Kier molecular flexibility index (Phi) is 7.98. The molecule has 0 heterocycles. The second-order valence-corrected chi connectivity index (χ2v) is 5.17. The van der Waals surface area contributed by atoms with Crippen molar-refractivity contribution in [1.82, 2.24) is 0 Å². The average Bonchev–Trinajstić information content (AvgIpc) is 2.52. The number of hydrogen-bond donors (Lipinski definition) is 1. The summed E-state index contributed by atoms with van der Waals surface area (Å²) in [6, 6.07) is 3.56. The van der Waals surface area contributed by atoms with Crippen molar-refractivity contribution in [3.8, 4) is 17.2 Å². The first-order valence-electron chi connectivity index (χ1n) is 7.65. The van der Waals surface area contributed by atoms with Gasteiger partial charge in [0.1, 0.15) is 5.75 Å². The van der Waals surface area contributed by atoms with Gasteiger partial charge in [-0.3, -0.25) is 0 Å². The van der Waals surface area contributed by atoms with Crippen molar-refractivity contribution in [2.75, 3.05) is 21.3 Å². The van der Waals surface area contributed by atoms with Crippen LogP contribution in [0, 0.1) is 0 Å². The molecule has 0 amide bonds. The number of benzene rings is 1. The third kappa shape index (κ3) is 5.12. The van der Waals surface area contributed by atoms with Gasteiger partial charge < -0.3 is 19.3 Å². The Morgan fingerprint density at radius 3 is 2.00 bits per heavy atom. The van der Waals surface area contributed by atoms with Crippen LogP contribution in [-0.2, 0) is 0 Å². The van der Waals surface area contributed by atoms with E-state index < -0.39 is 6.10 Å². The predicted molar refractivity (Wildman–Crippen MR) is 84.4 cm³/mol. The number of rotatable bonds is 10. The van der Waals surface area contributed by atoms with E-state index in [1.165, 1.54) is 19.3 Å². The molecule has 0 bridgehead atoms. The van der Waals surface area contributed by atoms with Gasteiger partial charge in [0, 0.05) is 11.6 Å². The second kappa shape index (κ2) is 9.50. The van der Waals surface area contributed by atoms with E-state index in [1.54, 1.807) is 33.5 Å². The Morgan fingerprint density at radius 1 is 0.857 bits per heavy atom. The molecule has 21 heavy (non-hydrogen) atoms. The van der Waals surface area contributed by atoms with Crippen molar-refractivity contribution in [3.63, 3.8) is 0 Å². The van der Waals surface area contributed by atoms with Crippen LogP contribution in [0.5, 0.6) is 17.2 Å². The molecule has 4 nitrogen and oxygen atoms in total. The summed E-state index contributed by atoms with van der Waals surface area (Å²) in [5, 5.41) is 10.4. The molecule has 1 aromatic rings. The lowest BCUT2D eigenvalue weighted by Crippen LogP contribution is -2.03. The lowest BCUT2D eigenvalue weighted by molar-refractivity contribution is 0.158. The van der Waals surface area contributed by atoms with E-state index >= 15 is 0 Å². The molecular formula is C17H28O4. The maximum Gasteiger partial charge on any atom is 0.164 e. The molecular weight excluding hydrogens is 268 g/mol. The van der Waals surface area contributed by atoms with Crippen molar-refractivity contribution >= 4 is 0 Å². The van der Waals surface area contributed by atoms with Crippen LogP contribution >= 0.6 is 0 Å². The highest BCUT2D eigenvalue weighted by Gasteiger charge is 2.17. The summed E-state index contributed by atoms with van der Waals surface area (Å²) in [5.41, 5.74) is 0.755. The van der Waals surface area contributed by atoms with Gasteiger partial charge in [0.15, 0.2) is 11.5 Å². The minimum Gasteiger partial charge on any atom is -0.496 e. The zero-order valence-electron chi connectivity index (χ0n) is 13.6. The summed E-state index contributed by atoms with van der Waals surface area (Å²) in [4.78, 5) is 0. The van der Waals surface area contributed by atoms with Gasteiger partial charge in [-0.15, -0.1) is 0 Å². The maximum absolute atomic E-state index is 10.4. The van der Waals surface area contributed by atoms with Gasteiger partial charge in [0.25, 0.3) is 0 Å². The maximum atomic E-state index is 10.4. The number of aliphatic hydroxyl groups excluding tert-OH is 1. The molecule has 1 unspecified atom stereocenters. The Morgan fingerprint density at radius 2 is 1.43 bits per heavy atom. The van der Waals surface area contributed by atoms with Gasteiger partial charge in [-0.2, -0.15) is 0 Å². The second-order valence-electron chi connectivity index (χ2n) is 5.17. The molecule has 0 fully saturated rings. The quantitative estimate of drug-likeness (QED) is 0.660. The minimum absolute atomic E-state index is 0.540. The van der Waals surface area contributed by atoms with E-state index in [0.717, 1.165) is 24.8 Å². The van der Waals surface area contributed by atoms with Gasteiger partial charge in [-0.05, 0) is 12.5 Å². The smallest absolute Gasteiger partial charge is 0.164 e. The Hall–Kier alpha value is -1.42. The molecule has 0 aliphatic heterocycles. The number of aliphatic hydroxyl groups is 1. The normalized spacial score (nSPS) is 12.0. The summed E-state index contributed by atoms with van der Waals surface area (Å²) in [6.45, 7) is 2.20. The van der Waals surface area contributed by atoms with Crippen LogP contribution < -0.4 is 14.2 Å². The number of ether oxygens (including phenoxy) is 3. The van der Waals surface area contributed by atoms with Crippen LogP contribution in [0.3, 0.4) is 0 Å². The summed E-state index contributed by atoms with van der Waals surface area (Å²) < 4.78 is 15.9. The summed E-state index contributed by atoms with van der Waals surface area (Å²) in [6.07, 6.45) is 6.07. The molecule has 0 saturated carbocycles. The molecule has 120 valence electrons. The highest BCUT2D eigenvalue weighted by molar-refractivity contribution is 5.51. The molecule has 1 aromatic carbocycles. The van der Waals surface area contributed by atoms with Gasteiger partial charge in [0.2, 0.25) is 0 Å². The van der Waals surface area contributed by atoms with E-state index in [1.807, 2.05) is 0 Å². The van der Waals surface area contributed by atoms with E-state index in [4.69, 9.17) is 14.2 Å². The molecule has 1 N–H and O–H groups in total. The summed E-state index contributed by atoms with van der Waals surface area (Å²) in [5.74, 6) is 1.85. The molecule has 4 heteroatoms. The van der Waals surface area contributed by atoms with E-state index in [-0.39, 0.29) is 0 Å². The number of hydrogen-bond acceptors (Lipinski definition) is 4. The highest BCUT2D eigenvalue weighted by Crippen LogP contribution is 2.38. The monoisotopic (exact) mass is 296 g/mol. The van der Waals surface area contributed by atoms with E-state index in [2.05, 4.69) is 6.92 Å². The lowest BCUT2D eigenvalue weighted by Gasteiger charge is -2.18. The van der Waals surface area contributed by atoms with Crippen molar-refractivity contribution in [2.24, 2.45) is 0 Å². The molecule has 0 radical (unpaired) electrons. The van der Waals surface area contributed by atoms with Crippen LogP contribution in [-0.4, -0.2) is 26.4 Å². The molecule has 0 aromatic heterocycles. The van der Waals surface area contributed by atoms with Crippen LogP contribution in [0.1, 0.15) is 57.1 Å². The van der Waals surface area contributed by atoms with Gasteiger partial charge in [0.05, 0.1) is 27.4 Å². The highest BCUT2D eigenvalue weighted by atomic mass is 16.5. The van der Waals surface area contributed by atoms with Crippen LogP contribution in [0.4, 0.5) is 0 Å². The van der Waals surface area contributed by atoms with Crippen LogP contribution in [0.15, 0.2) is 12.1 Å². The fraction of sp³-hybridized carbons (Fsp3) is 0.647. The SMILES string of the molecule is CCCCCCCC(O)c1cc(OC)c(OC)cc1OC. The average molecular weight is 296 g/mol. The fourth-order valence-corrected chi connectivity index (χ4v) is 2.41. The predicted octanol–water partition coefficient (Wildman–Crippen LogP) is 4.11. The summed E-state index contributed by atoms with van der Waals surface area (Å²) in [7, 11) is 4.77. The van der Waals surface area contributed by atoms with E-state index in [0.29, 0.717) is 17.2 Å². The van der Waals surface area contributed by atoms with Crippen molar-refractivity contribution in [3.05, 3.63) is 17.7 Å². The molecule has 0 aliphatic carbocycles. The molecule has 0 spiro atoms. The third-order valence-corrected chi connectivity index (χ3v) is 3.68. The Balaban J connectivity index is 2.75. The molecule has 0 aliphatic rings. The van der Waals surface area contributed by atoms with Crippen molar-refractivity contribution in [1.29, 1.82) is 0 Å². The van der Waals surface area contributed by atoms with E-state index in [9.17, 15) is 5.11 Å². The molecule has 0 saturated heterocycles. The third-order valence-electron chi connectivity index (χ3n) is 3.68. The number of unbranched alkanes of at least 4 members (excludes halogenated alkanes) is 4. The zero-order chi connectivity index (χ0) is 15.7. The molecule has 1 atom stereocenters. The fourth-order valence-electron chi connectivity index (χ4n) is 2.41. The zero-order valence-corrected chi connectivity index (χ0v) is 13.6. The van der Waals surface area contributed by atoms with Gasteiger partial charge in [-0.25, -0.2) is 0 Å². The first-order valence-corrected chi connectivity index (χ1v) is 7.65. The van der Waals surface area contributed by atoms with Crippen molar-refractivity contribution < 1.29 is 19.3 Å².